The van der Waals surface area contributed by atoms with Crippen LogP contribution >= 0.6 is 11.6 Å². The summed E-state index contributed by atoms with van der Waals surface area (Å²) in [6.07, 6.45) is 3.15. The molecule has 26 heavy (non-hydrogen) atoms. The van der Waals surface area contributed by atoms with Gasteiger partial charge in [-0.1, -0.05) is 25.4 Å². The Morgan fingerprint density at radius 1 is 1.31 bits per heavy atom. The van der Waals surface area contributed by atoms with Gasteiger partial charge in [0, 0.05) is 19.3 Å². The lowest BCUT2D eigenvalue weighted by molar-refractivity contribution is -0.119. The number of aryl methyl sites for hydroxylation is 1. The van der Waals surface area contributed by atoms with Crippen molar-refractivity contribution < 1.29 is 9.59 Å². The first kappa shape index (κ1) is 20.0. The first-order valence-electron chi connectivity index (χ1n) is 8.60. The number of carbonyl (C=O) groups is 2. The summed E-state index contributed by atoms with van der Waals surface area (Å²) < 4.78 is 3.15. The van der Waals surface area contributed by atoms with Crippen LogP contribution in [0.3, 0.4) is 0 Å². The quantitative estimate of drug-likeness (QED) is 0.772. The highest BCUT2D eigenvalue weighted by atomic mass is 35.5. The van der Waals surface area contributed by atoms with Gasteiger partial charge < -0.3 is 10.6 Å². The zero-order valence-electron chi connectivity index (χ0n) is 15.7. The van der Waals surface area contributed by atoms with Gasteiger partial charge in [0.25, 0.3) is 5.91 Å². The topological polar surface area (TPSA) is 93.8 Å². The molecule has 2 N–H and O–H groups in total. The molecule has 0 aliphatic carbocycles. The van der Waals surface area contributed by atoms with Crippen LogP contribution in [0.4, 0.5) is 5.69 Å². The van der Waals surface area contributed by atoms with Crippen LogP contribution in [0.5, 0.6) is 0 Å². The molecule has 2 rings (SSSR count). The molecule has 0 aliphatic rings. The van der Waals surface area contributed by atoms with Gasteiger partial charge in [-0.25, -0.2) is 0 Å². The van der Waals surface area contributed by atoms with Gasteiger partial charge in [-0.05, 0) is 26.7 Å². The zero-order valence-corrected chi connectivity index (χ0v) is 16.5. The highest BCUT2D eigenvalue weighted by Crippen LogP contribution is 2.20. The minimum Gasteiger partial charge on any atom is -0.350 e. The molecule has 0 aliphatic heterocycles. The molecule has 9 heteroatoms. The van der Waals surface area contributed by atoms with Crippen molar-refractivity contribution in [1.82, 2.24) is 24.9 Å². The summed E-state index contributed by atoms with van der Waals surface area (Å²) in [5.41, 5.74) is 1.28. The highest BCUT2D eigenvalue weighted by Gasteiger charge is 2.23. The third-order valence-electron chi connectivity index (χ3n) is 3.96. The molecule has 0 radical (unpaired) electrons. The summed E-state index contributed by atoms with van der Waals surface area (Å²) in [4.78, 5) is 25.0. The Labute approximate surface area is 157 Å². The summed E-state index contributed by atoms with van der Waals surface area (Å²) in [5, 5.41) is 14.5. The lowest BCUT2D eigenvalue weighted by Gasteiger charge is -2.14. The van der Waals surface area contributed by atoms with Crippen molar-refractivity contribution in [2.75, 3.05) is 11.9 Å². The van der Waals surface area contributed by atoms with E-state index in [1.54, 1.807) is 29.4 Å². The average molecular weight is 381 g/mol. The molecule has 2 aromatic heterocycles. The molecule has 142 valence electrons. The Bertz CT molecular complexity index is 795. The lowest BCUT2D eigenvalue weighted by Crippen LogP contribution is -2.30. The second-order valence-corrected chi connectivity index (χ2v) is 6.95. The third kappa shape index (κ3) is 4.43. The Hall–Kier alpha value is -2.35. The number of nitrogens with one attached hydrogen (secondary N) is 2. The molecule has 1 atom stereocenters. The van der Waals surface area contributed by atoms with Crippen molar-refractivity contribution in [2.24, 2.45) is 5.92 Å². The van der Waals surface area contributed by atoms with Crippen LogP contribution in [0.25, 0.3) is 0 Å². The standard InChI is InChI=1S/C17H25ClN6O2/c1-6-23-9-14(15(22-23)17(26)19-7-10(2)3)21-16(25)12(5)24-11(4)13(18)8-20-24/h8-10,12H,6-7H2,1-5H3,(H,19,26)(H,21,25). The predicted molar refractivity (Wildman–Crippen MR) is 100 cm³/mol. The molecule has 2 heterocycles. The van der Waals surface area contributed by atoms with Crippen molar-refractivity contribution in [1.29, 1.82) is 0 Å². The Kier molecular flexibility index (Phi) is 6.42. The molecule has 0 saturated carbocycles. The Morgan fingerprint density at radius 3 is 2.54 bits per heavy atom. The summed E-state index contributed by atoms with van der Waals surface area (Å²) in [7, 11) is 0. The van der Waals surface area contributed by atoms with E-state index < -0.39 is 6.04 Å². The van der Waals surface area contributed by atoms with Gasteiger partial charge in [-0.3, -0.25) is 19.0 Å². The lowest BCUT2D eigenvalue weighted by atomic mass is 10.2. The third-order valence-corrected chi connectivity index (χ3v) is 4.33. The van der Waals surface area contributed by atoms with Gasteiger partial charge in [0.2, 0.25) is 5.91 Å². The Morgan fingerprint density at radius 2 is 2.00 bits per heavy atom. The number of aromatic nitrogens is 4. The van der Waals surface area contributed by atoms with E-state index in [0.717, 1.165) is 0 Å². The van der Waals surface area contributed by atoms with E-state index in [0.29, 0.717) is 35.4 Å². The smallest absolute Gasteiger partial charge is 0.273 e. The first-order valence-corrected chi connectivity index (χ1v) is 8.98. The first-order chi connectivity index (χ1) is 12.2. The van der Waals surface area contributed by atoms with Gasteiger partial charge >= 0.3 is 0 Å². The van der Waals surface area contributed by atoms with E-state index in [-0.39, 0.29) is 17.5 Å². The molecule has 0 aromatic carbocycles. The minimum absolute atomic E-state index is 0.197. The van der Waals surface area contributed by atoms with Crippen molar-refractivity contribution in [3.05, 3.63) is 28.8 Å². The summed E-state index contributed by atoms with van der Waals surface area (Å²) in [6.45, 7) is 10.6. The normalized spacial score (nSPS) is 12.3. The summed E-state index contributed by atoms with van der Waals surface area (Å²) in [6, 6.07) is -0.584. The number of amides is 2. The van der Waals surface area contributed by atoms with Crippen LogP contribution in [-0.4, -0.2) is 37.9 Å². The van der Waals surface area contributed by atoms with Gasteiger partial charge in [0.1, 0.15) is 6.04 Å². The van der Waals surface area contributed by atoms with Gasteiger partial charge in [-0.2, -0.15) is 10.2 Å². The maximum absolute atomic E-state index is 12.6. The van der Waals surface area contributed by atoms with E-state index in [2.05, 4.69) is 20.8 Å². The highest BCUT2D eigenvalue weighted by molar-refractivity contribution is 6.31. The number of anilines is 1. The van der Waals surface area contributed by atoms with Gasteiger partial charge in [0.05, 0.1) is 22.6 Å². The minimum atomic E-state index is -0.584. The van der Waals surface area contributed by atoms with Crippen molar-refractivity contribution in [3.63, 3.8) is 0 Å². The zero-order chi connectivity index (χ0) is 19.4. The molecule has 0 bridgehead atoms. The van der Waals surface area contributed by atoms with E-state index in [1.165, 1.54) is 6.20 Å². The van der Waals surface area contributed by atoms with Crippen LogP contribution in [0.1, 0.15) is 49.9 Å². The molecule has 2 aromatic rings. The number of hydrogen-bond acceptors (Lipinski definition) is 4. The average Bonchev–Trinajstić information content (AvgIpc) is 3.16. The van der Waals surface area contributed by atoms with Crippen LogP contribution in [0.2, 0.25) is 5.02 Å². The van der Waals surface area contributed by atoms with E-state index in [4.69, 9.17) is 11.6 Å². The van der Waals surface area contributed by atoms with Crippen LogP contribution in [0.15, 0.2) is 12.4 Å². The predicted octanol–water partition coefficient (Wildman–Crippen LogP) is 2.65. The van der Waals surface area contributed by atoms with Crippen molar-refractivity contribution in [3.8, 4) is 0 Å². The van der Waals surface area contributed by atoms with Crippen molar-refractivity contribution >= 4 is 29.1 Å². The molecule has 2 amide bonds. The van der Waals surface area contributed by atoms with E-state index in [1.807, 2.05) is 20.8 Å². The molecule has 0 saturated heterocycles. The number of carbonyl (C=O) groups excluding carboxylic acids is 2. The molecule has 1 unspecified atom stereocenters. The molecule has 0 fully saturated rings. The number of hydrogen-bond donors (Lipinski definition) is 2. The maximum Gasteiger partial charge on any atom is 0.273 e. The summed E-state index contributed by atoms with van der Waals surface area (Å²) >= 11 is 6.01. The second-order valence-electron chi connectivity index (χ2n) is 6.54. The second kappa shape index (κ2) is 8.35. The monoisotopic (exact) mass is 380 g/mol. The van der Waals surface area contributed by atoms with Crippen molar-refractivity contribution in [2.45, 2.75) is 47.2 Å². The fourth-order valence-corrected chi connectivity index (χ4v) is 2.49. The van der Waals surface area contributed by atoms with Crippen LogP contribution in [0, 0.1) is 12.8 Å². The van der Waals surface area contributed by atoms with Gasteiger partial charge in [0.15, 0.2) is 5.69 Å². The summed E-state index contributed by atoms with van der Waals surface area (Å²) in [5.74, 6) is -0.300. The van der Waals surface area contributed by atoms with E-state index in [9.17, 15) is 9.59 Å². The molecule has 8 nitrogen and oxygen atoms in total. The SMILES string of the molecule is CCn1cc(NC(=O)C(C)n2ncc(Cl)c2C)c(C(=O)NCC(C)C)n1. The fourth-order valence-electron chi connectivity index (χ4n) is 2.36. The number of nitrogens with zero attached hydrogens (tertiary/aromatic N) is 4. The fraction of sp³-hybridized carbons (Fsp3) is 0.529. The molecule has 0 spiro atoms. The number of halogens is 1. The molecular formula is C17H25ClN6O2. The Balaban J connectivity index is 2.19. The van der Waals surface area contributed by atoms with Crippen LogP contribution in [-0.2, 0) is 11.3 Å². The molecular weight excluding hydrogens is 356 g/mol. The van der Waals surface area contributed by atoms with Gasteiger partial charge in [-0.15, -0.1) is 0 Å². The number of rotatable bonds is 7. The van der Waals surface area contributed by atoms with E-state index >= 15 is 0 Å². The maximum atomic E-state index is 12.6. The van der Waals surface area contributed by atoms with Crippen LogP contribution < -0.4 is 10.6 Å². The largest absolute Gasteiger partial charge is 0.350 e.